The number of halogens is 1. The molecule has 98 valence electrons. The Balaban J connectivity index is 2.46. The third-order valence-electron chi connectivity index (χ3n) is 2.62. The van der Waals surface area contributed by atoms with E-state index in [2.05, 4.69) is 17.5 Å². The van der Waals surface area contributed by atoms with Crippen LogP contribution in [-0.4, -0.2) is 11.6 Å². The summed E-state index contributed by atoms with van der Waals surface area (Å²) in [5, 5.41) is 4.77. The van der Waals surface area contributed by atoms with Gasteiger partial charge in [0.25, 0.3) is 0 Å². The van der Waals surface area contributed by atoms with Crippen LogP contribution in [0.5, 0.6) is 0 Å². The van der Waals surface area contributed by atoms with Crippen LogP contribution in [0.3, 0.4) is 0 Å². The fourth-order valence-electron chi connectivity index (χ4n) is 1.49. The fourth-order valence-corrected chi connectivity index (χ4v) is 1.62. The smallest absolute Gasteiger partial charge is 0.240 e. The van der Waals surface area contributed by atoms with Gasteiger partial charge in [0.05, 0.1) is 5.71 Å². The van der Waals surface area contributed by atoms with Gasteiger partial charge in [-0.2, -0.15) is 5.10 Å². The maximum Gasteiger partial charge on any atom is 0.240 e. The number of nitrogens with one attached hydrogen (secondary N) is 1. The Hall–Kier alpha value is -1.35. The maximum absolute atomic E-state index is 11.5. The van der Waals surface area contributed by atoms with Crippen LogP contribution in [0.4, 0.5) is 0 Å². The molecule has 1 aromatic carbocycles. The zero-order valence-electron chi connectivity index (χ0n) is 10.9. The van der Waals surface area contributed by atoms with Crippen LogP contribution in [0.25, 0.3) is 0 Å². The number of unbranched alkanes of at least 4 members (excludes halogenated alkanes) is 2. The lowest BCUT2D eigenvalue weighted by molar-refractivity contribution is -0.121. The molecule has 0 spiro atoms. The molecule has 0 unspecified atom stereocenters. The summed E-state index contributed by atoms with van der Waals surface area (Å²) in [4.78, 5) is 11.5. The molecule has 1 amide bonds. The summed E-state index contributed by atoms with van der Waals surface area (Å²) in [7, 11) is 0. The summed E-state index contributed by atoms with van der Waals surface area (Å²) in [6.45, 7) is 3.97. The Kier molecular flexibility index (Phi) is 6.44. The first-order chi connectivity index (χ1) is 8.63. The fraction of sp³-hybridized carbons (Fsp3) is 0.429. The first-order valence-corrected chi connectivity index (χ1v) is 6.60. The average molecular weight is 267 g/mol. The topological polar surface area (TPSA) is 41.5 Å². The SMILES string of the molecule is CCCCCC(=O)NN=C(C)c1ccc(Cl)cc1. The van der Waals surface area contributed by atoms with Gasteiger partial charge in [0.15, 0.2) is 0 Å². The van der Waals surface area contributed by atoms with E-state index in [4.69, 9.17) is 11.6 Å². The molecule has 0 aliphatic carbocycles. The first-order valence-electron chi connectivity index (χ1n) is 6.22. The lowest BCUT2D eigenvalue weighted by atomic mass is 10.1. The molecule has 0 saturated heterocycles. The second-order valence-electron chi connectivity index (χ2n) is 4.20. The predicted octanol–water partition coefficient (Wildman–Crippen LogP) is 3.76. The van der Waals surface area contributed by atoms with Crippen LogP contribution in [0.2, 0.25) is 5.02 Å². The monoisotopic (exact) mass is 266 g/mol. The van der Waals surface area contributed by atoms with Gasteiger partial charge in [-0.15, -0.1) is 0 Å². The highest BCUT2D eigenvalue weighted by Gasteiger charge is 2.01. The predicted molar refractivity (Wildman–Crippen MR) is 75.9 cm³/mol. The van der Waals surface area contributed by atoms with Gasteiger partial charge >= 0.3 is 0 Å². The Morgan fingerprint density at radius 2 is 1.94 bits per heavy atom. The molecular weight excluding hydrogens is 248 g/mol. The lowest BCUT2D eigenvalue weighted by Gasteiger charge is -2.03. The normalized spacial score (nSPS) is 11.4. The van der Waals surface area contributed by atoms with E-state index in [1.54, 1.807) is 12.1 Å². The van der Waals surface area contributed by atoms with Gasteiger partial charge in [0.2, 0.25) is 5.91 Å². The van der Waals surface area contributed by atoms with Crippen LogP contribution in [0.1, 0.15) is 45.1 Å². The van der Waals surface area contributed by atoms with Crippen LogP contribution in [0.15, 0.2) is 29.4 Å². The number of nitrogens with zero attached hydrogens (tertiary/aromatic N) is 1. The lowest BCUT2D eigenvalue weighted by Crippen LogP contribution is -2.18. The van der Waals surface area contributed by atoms with Crippen molar-refractivity contribution in [2.24, 2.45) is 5.10 Å². The van der Waals surface area contributed by atoms with Crippen molar-refractivity contribution in [1.29, 1.82) is 0 Å². The van der Waals surface area contributed by atoms with Crippen LogP contribution in [-0.2, 0) is 4.79 Å². The summed E-state index contributed by atoms with van der Waals surface area (Å²) in [6, 6.07) is 7.37. The molecule has 0 radical (unpaired) electrons. The molecular formula is C14H19ClN2O. The molecule has 18 heavy (non-hydrogen) atoms. The largest absolute Gasteiger partial charge is 0.273 e. The van der Waals surface area contributed by atoms with E-state index in [1.165, 1.54) is 0 Å². The number of carbonyl (C=O) groups excluding carboxylic acids is 1. The second kappa shape index (κ2) is 7.88. The Labute approximate surface area is 113 Å². The molecule has 4 heteroatoms. The van der Waals surface area contributed by atoms with Crippen molar-refractivity contribution < 1.29 is 4.79 Å². The summed E-state index contributed by atoms with van der Waals surface area (Å²) in [6.07, 6.45) is 3.64. The van der Waals surface area contributed by atoms with Crippen molar-refractivity contribution in [2.45, 2.75) is 39.5 Å². The summed E-state index contributed by atoms with van der Waals surface area (Å²) in [5.41, 5.74) is 4.30. The highest BCUT2D eigenvalue weighted by atomic mass is 35.5. The molecule has 0 heterocycles. The maximum atomic E-state index is 11.5. The standard InChI is InChI=1S/C14H19ClN2O/c1-3-4-5-6-14(18)17-16-11(2)12-7-9-13(15)10-8-12/h7-10H,3-6H2,1-2H3,(H,17,18). The van der Waals surface area contributed by atoms with Gasteiger partial charge in [0, 0.05) is 11.4 Å². The Bertz CT molecular complexity index is 412. The number of hydrogen-bond acceptors (Lipinski definition) is 2. The number of carbonyl (C=O) groups is 1. The van der Waals surface area contributed by atoms with Gasteiger partial charge in [-0.25, -0.2) is 5.43 Å². The van der Waals surface area contributed by atoms with E-state index in [1.807, 2.05) is 19.1 Å². The number of benzene rings is 1. The Morgan fingerprint density at radius 1 is 1.28 bits per heavy atom. The number of rotatable bonds is 6. The molecule has 0 fully saturated rings. The van der Waals surface area contributed by atoms with Crippen molar-refractivity contribution in [1.82, 2.24) is 5.43 Å². The molecule has 0 aliphatic heterocycles. The Morgan fingerprint density at radius 3 is 2.56 bits per heavy atom. The van der Waals surface area contributed by atoms with E-state index in [0.717, 1.165) is 30.5 Å². The van der Waals surface area contributed by atoms with Crippen molar-refractivity contribution in [3.8, 4) is 0 Å². The highest BCUT2D eigenvalue weighted by molar-refractivity contribution is 6.30. The summed E-state index contributed by atoms with van der Waals surface area (Å²) >= 11 is 5.81. The number of hydrazone groups is 1. The minimum absolute atomic E-state index is 0.0308. The second-order valence-corrected chi connectivity index (χ2v) is 4.63. The van der Waals surface area contributed by atoms with Gasteiger partial charge in [-0.1, -0.05) is 43.5 Å². The van der Waals surface area contributed by atoms with Crippen molar-refractivity contribution in [2.75, 3.05) is 0 Å². The third-order valence-corrected chi connectivity index (χ3v) is 2.87. The van der Waals surface area contributed by atoms with E-state index >= 15 is 0 Å². The molecule has 3 nitrogen and oxygen atoms in total. The van der Waals surface area contributed by atoms with Gasteiger partial charge in [-0.3, -0.25) is 4.79 Å². The molecule has 0 aliphatic rings. The molecule has 0 atom stereocenters. The quantitative estimate of drug-likeness (QED) is 0.475. The highest BCUT2D eigenvalue weighted by Crippen LogP contribution is 2.10. The molecule has 1 aromatic rings. The molecule has 0 aromatic heterocycles. The van der Waals surface area contributed by atoms with E-state index in [9.17, 15) is 4.79 Å². The molecule has 0 saturated carbocycles. The third kappa shape index (κ3) is 5.32. The average Bonchev–Trinajstić information content (AvgIpc) is 2.37. The van der Waals surface area contributed by atoms with Crippen LogP contribution >= 0.6 is 11.6 Å². The van der Waals surface area contributed by atoms with E-state index in [0.29, 0.717) is 11.4 Å². The van der Waals surface area contributed by atoms with E-state index in [-0.39, 0.29) is 5.91 Å². The molecule has 1 N–H and O–H groups in total. The minimum Gasteiger partial charge on any atom is -0.273 e. The zero-order valence-corrected chi connectivity index (χ0v) is 11.6. The molecule has 0 bridgehead atoms. The van der Waals surface area contributed by atoms with Crippen molar-refractivity contribution in [3.63, 3.8) is 0 Å². The molecule has 1 rings (SSSR count). The summed E-state index contributed by atoms with van der Waals surface area (Å²) in [5.74, 6) is -0.0308. The van der Waals surface area contributed by atoms with Crippen LogP contribution < -0.4 is 5.43 Å². The minimum atomic E-state index is -0.0308. The van der Waals surface area contributed by atoms with Gasteiger partial charge < -0.3 is 0 Å². The first kappa shape index (κ1) is 14.7. The van der Waals surface area contributed by atoms with E-state index < -0.39 is 0 Å². The van der Waals surface area contributed by atoms with Crippen LogP contribution in [0, 0.1) is 0 Å². The zero-order chi connectivity index (χ0) is 13.4. The summed E-state index contributed by atoms with van der Waals surface area (Å²) < 4.78 is 0. The number of amides is 1. The van der Waals surface area contributed by atoms with Crippen molar-refractivity contribution >= 4 is 23.2 Å². The van der Waals surface area contributed by atoms with Gasteiger partial charge in [0.1, 0.15) is 0 Å². The van der Waals surface area contributed by atoms with Crippen molar-refractivity contribution in [3.05, 3.63) is 34.9 Å². The number of hydrogen-bond donors (Lipinski definition) is 1. The van der Waals surface area contributed by atoms with Gasteiger partial charge in [-0.05, 0) is 31.0 Å².